The molecule has 1 heterocycles. The Morgan fingerprint density at radius 2 is 0.840 bits per heavy atom. The monoisotopic (exact) mass is 544 g/mol. The van der Waals surface area contributed by atoms with Gasteiger partial charge in [-0.2, -0.15) is 0 Å². The zero-order chi connectivity index (χ0) is 15.7. The third-order valence-electron chi connectivity index (χ3n) is 4.55. The fourth-order valence-electron chi connectivity index (χ4n) is 3.07. The van der Waals surface area contributed by atoms with Gasteiger partial charge in [-0.1, -0.05) is 90.0 Å². The van der Waals surface area contributed by atoms with Crippen LogP contribution in [0.25, 0.3) is 0 Å². The number of unbranched alkanes of at least 4 members (excludes halogenated alkanes) is 13. The van der Waals surface area contributed by atoms with E-state index < -0.39 is 0 Å². The average molecular weight is 547 g/mol. The summed E-state index contributed by atoms with van der Waals surface area (Å²) in [5.74, 6) is 0. The first-order valence-corrected chi connectivity index (χ1v) is 9.87. The molecule has 1 nitrogen and oxygen atoms in total. The predicted molar refractivity (Wildman–Crippen MR) is 128 cm³/mol. The zero-order valence-corrected chi connectivity index (χ0v) is 21.3. The minimum Gasteiger partial charge on any atom is -0.205 e. The number of hydrogen-bond donors (Lipinski definition) is 0. The van der Waals surface area contributed by atoms with Crippen LogP contribution in [-0.2, 0) is 6.54 Å². The summed E-state index contributed by atoms with van der Waals surface area (Å²) < 4.78 is 2.29. The summed E-state index contributed by atoms with van der Waals surface area (Å²) in [5, 5.41) is 0. The Kier molecular flexibility index (Phi) is 29.8. The number of aromatic nitrogens is 1. The Bertz CT molecular complexity index is 333. The van der Waals surface area contributed by atoms with E-state index >= 15 is 0 Å². The van der Waals surface area contributed by atoms with Crippen LogP contribution < -0.4 is 4.57 Å². The number of nitrogens with zero attached hydrogens (tertiary/aromatic N) is 1. The number of halogens is 3. The van der Waals surface area contributed by atoms with Crippen LogP contribution in [-0.4, -0.2) is 0 Å². The normalized spacial score (nSPS) is 9.64. The fraction of sp³-hybridized carbons (Fsp3) is 0.762. The van der Waals surface area contributed by atoms with Crippen LogP contribution in [0.2, 0.25) is 0 Å². The summed E-state index contributed by atoms with van der Waals surface area (Å²) in [6.45, 7) is 3.47. The van der Waals surface area contributed by atoms with Crippen LogP contribution >= 0.6 is 50.9 Å². The van der Waals surface area contributed by atoms with Crippen LogP contribution in [0.15, 0.2) is 30.6 Å². The van der Waals surface area contributed by atoms with Crippen LogP contribution in [0.5, 0.6) is 0 Å². The second-order valence-corrected chi connectivity index (χ2v) is 6.71. The average Bonchev–Trinajstić information content (AvgIpc) is 2.56. The van der Waals surface area contributed by atoms with Gasteiger partial charge >= 0.3 is 0 Å². The minimum absolute atomic E-state index is 0. The standard InChI is InChI=1S/C21H38N.3BrH/c1-2-3-4-5-6-7-8-9-10-11-12-13-14-16-19-22-20-17-15-18-21-22;;;/h15,17-18,20-21H,2-14,16,19H2,1H3;3*1H/q+1;;;. The van der Waals surface area contributed by atoms with Gasteiger partial charge in [-0.05, 0) is 6.42 Å². The molecule has 1 aromatic rings. The van der Waals surface area contributed by atoms with E-state index in [1.54, 1.807) is 0 Å². The molecule has 0 aliphatic heterocycles. The lowest BCUT2D eigenvalue weighted by Gasteiger charge is -2.02. The molecule has 0 N–H and O–H groups in total. The molecule has 25 heavy (non-hydrogen) atoms. The first-order valence-electron chi connectivity index (χ1n) is 9.87. The van der Waals surface area contributed by atoms with Gasteiger partial charge in [0.15, 0.2) is 12.4 Å². The van der Waals surface area contributed by atoms with Crippen molar-refractivity contribution in [3.8, 4) is 0 Å². The molecule has 0 aliphatic rings. The first kappa shape index (κ1) is 30.3. The lowest BCUT2D eigenvalue weighted by Crippen LogP contribution is -2.32. The van der Waals surface area contributed by atoms with Gasteiger partial charge in [0, 0.05) is 18.6 Å². The van der Waals surface area contributed by atoms with E-state index in [0.717, 1.165) is 0 Å². The highest BCUT2D eigenvalue weighted by atomic mass is 79.9. The van der Waals surface area contributed by atoms with Crippen LogP contribution in [0.3, 0.4) is 0 Å². The summed E-state index contributed by atoms with van der Waals surface area (Å²) in [5.41, 5.74) is 0. The van der Waals surface area contributed by atoms with Gasteiger partial charge in [0.25, 0.3) is 0 Å². The lowest BCUT2D eigenvalue weighted by atomic mass is 10.0. The minimum atomic E-state index is 0. The third kappa shape index (κ3) is 20.8. The Morgan fingerprint density at radius 1 is 0.480 bits per heavy atom. The van der Waals surface area contributed by atoms with Crippen molar-refractivity contribution in [2.75, 3.05) is 0 Å². The van der Waals surface area contributed by atoms with E-state index in [1.165, 1.54) is 96.4 Å². The summed E-state index contributed by atoms with van der Waals surface area (Å²) in [6, 6.07) is 6.31. The molecule has 0 bridgehead atoms. The molecule has 0 atom stereocenters. The Morgan fingerprint density at radius 3 is 1.24 bits per heavy atom. The molecule has 0 aromatic carbocycles. The topological polar surface area (TPSA) is 3.88 Å². The third-order valence-corrected chi connectivity index (χ3v) is 4.55. The van der Waals surface area contributed by atoms with E-state index in [4.69, 9.17) is 0 Å². The fourth-order valence-corrected chi connectivity index (χ4v) is 3.07. The van der Waals surface area contributed by atoms with Gasteiger partial charge in [0.1, 0.15) is 6.54 Å². The first-order chi connectivity index (χ1) is 10.9. The van der Waals surface area contributed by atoms with E-state index in [-0.39, 0.29) is 50.9 Å². The van der Waals surface area contributed by atoms with Crippen molar-refractivity contribution in [1.29, 1.82) is 0 Å². The van der Waals surface area contributed by atoms with Crippen molar-refractivity contribution in [3.05, 3.63) is 30.6 Å². The van der Waals surface area contributed by atoms with Gasteiger partial charge in [0.05, 0.1) is 0 Å². The molecule has 0 saturated heterocycles. The highest BCUT2D eigenvalue weighted by Gasteiger charge is 1.98. The maximum atomic E-state index is 2.29. The maximum Gasteiger partial charge on any atom is 0.168 e. The number of aryl methyl sites for hydroxylation is 1. The Balaban J connectivity index is -0.00000161. The SMILES string of the molecule is Br.Br.Br.CCCCCCCCCCCCCCCC[n+]1ccccc1. The van der Waals surface area contributed by atoms with E-state index in [2.05, 4.69) is 42.1 Å². The maximum absolute atomic E-state index is 2.29. The quantitative estimate of drug-likeness (QED) is 0.154. The summed E-state index contributed by atoms with van der Waals surface area (Å²) in [4.78, 5) is 0. The van der Waals surface area contributed by atoms with Crippen LogP contribution in [0.4, 0.5) is 0 Å². The summed E-state index contributed by atoms with van der Waals surface area (Å²) in [6.07, 6.45) is 24.4. The van der Waals surface area contributed by atoms with Gasteiger partial charge in [-0.15, -0.1) is 50.9 Å². The van der Waals surface area contributed by atoms with Crippen molar-refractivity contribution >= 4 is 50.9 Å². The van der Waals surface area contributed by atoms with Crippen molar-refractivity contribution in [2.45, 2.75) is 103 Å². The van der Waals surface area contributed by atoms with Crippen molar-refractivity contribution < 1.29 is 4.57 Å². The molecule has 150 valence electrons. The molecule has 4 heteroatoms. The van der Waals surface area contributed by atoms with Gasteiger partial charge in [-0.25, -0.2) is 4.57 Å². The van der Waals surface area contributed by atoms with E-state index in [0.29, 0.717) is 0 Å². The molecule has 0 spiro atoms. The molecule has 0 aliphatic carbocycles. The zero-order valence-electron chi connectivity index (χ0n) is 16.2. The predicted octanol–water partition coefficient (Wildman–Crippen LogP) is 8.19. The second-order valence-electron chi connectivity index (χ2n) is 6.71. The molecule has 0 radical (unpaired) electrons. The van der Waals surface area contributed by atoms with E-state index in [9.17, 15) is 0 Å². The second kappa shape index (κ2) is 24.6. The summed E-state index contributed by atoms with van der Waals surface area (Å²) >= 11 is 0. The highest BCUT2D eigenvalue weighted by Crippen LogP contribution is 2.12. The molecule has 1 rings (SSSR count). The Labute approximate surface area is 188 Å². The molecule has 1 aromatic heterocycles. The van der Waals surface area contributed by atoms with Gasteiger partial charge < -0.3 is 0 Å². The largest absolute Gasteiger partial charge is 0.205 e. The number of hydrogen-bond acceptors (Lipinski definition) is 0. The van der Waals surface area contributed by atoms with Crippen LogP contribution in [0, 0.1) is 0 Å². The summed E-state index contributed by atoms with van der Waals surface area (Å²) in [7, 11) is 0. The Hall–Kier alpha value is 0.590. The highest BCUT2D eigenvalue weighted by molar-refractivity contribution is 8.93. The lowest BCUT2D eigenvalue weighted by molar-refractivity contribution is -0.697. The number of pyridine rings is 1. The molecule has 0 saturated carbocycles. The van der Waals surface area contributed by atoms with Crippen molar-refractivity contribution in [1.82, 2.24) is 0 Å². The van der Waals surface area contributed by atoms with Gasteiger partial charge in [-0.3, -0.25) is 0 Å². The van der Waals surface area contributed by atoms with Crippen molar-refractivity contribution in [3.63, 3.8) is 0 Å². The molecule has 0 unspecified atom stereocenters. The van der Waals surface area contributed by atoms with E-state index in [1.807, 2.05) is 0 Å². The molecular formula is C21H41Br3N+. The molecule has 0 fully saturated rings. The number of rotatable bonds is 15. The molecular weight excluding hydrogens is 506 g/mol. The smallest absolute Gasteiger partial charge is 0.168 e. The van der Waals surface area contributed by atoms with Crippen LogP contribution in [0.1, 0.15) is 96.8 Å². The van der Waals surface area contributed by atoms with Gasteiger partial charge in [0.2, 0.25) is 0 Å². The molecule has 0 amide bonds. The van der Waals surface area contributed by atoms with Crippen molar-refractivity contribution in [2.24, 2.45) is 0 Å².